The second-order valence-corrected chi connectivity index (χ2v) is 9.63. The van der Waals surface area contributed by atoms with Crippen molar-refractivity contribution in [2.45, 2.75) is 26.9 Å². The lowest BCUT2D eigenvalue weighted by Gasteiger charge is -2.32. The predicted octanol–water partition coefficient (Wildman–Crippen LogP) is 1.38. The van der Waals surface area contributed by atoms with Crippen LogP contribution in [0.2, 0.25) is 0 Å². The van der Waals surface area contributed by atoms with Crippen molar-refractivity contribution < 1.29 is 4.79 Å². The Labute approximate surface area is 184 Å². The van der Waals surface area contributed by atoms with Crippen LogP contribution in [0.25, 0.3) is 0 Å². The molecule has 0 saturated carbocycles. The van der Waals surface area contributed by atoms with Crippen LogP contribution < -0.4 is 5.69 Å². The van der Waals surface area contributed by atoms with Gasteiger partial charge in [-0.25, -0.2) is 4.79 Å². The molecule has 7 heteroatoms. The van der Waals surface area contributed by atoms with Gasteiger partial charge in [-0.1, -0.05) is 30.3 Å². The number of hydrogen-bond donors (Lipinski definition) is 0. The lowest BCUT2D eigenvalue weighted by molar-refractivity contribution is -0.131. The minimum absolute atomic E-state index is 0.0120. The molecule has 4 rings (SSSR count). The van der Waals surface area contributed by atoms with Gasteiger partial charge in [0, 0.05) is 56.1 Å². The van der Waals surface area contributed by atoms with Gasteiger partial charge in [0.15, 0.2) is 0 Å². The van der Waals surface area contributed by atoms with Crippen LogP contribution in [0.5, 0.6) is 0 Å². The fourth-order valence-corrected chi connectivity index (χ4v) is 5.50. The summed E-state index contributed by atoms with van der Waals surface area (Å²) in [5, 5.41) is 0. The molecule has 0 aliphatic carbocycles. The summed E-state index contributed by atoms with van der Waals surface area (Å²) in [6.45, 7) is 9.11. The number of fused-ring (bicyclic) bond motifs is 1. The van der Waals surface area contributed by atoms with E-state index < -0.39 is 0 Å². The highest BCUT2D eigenvalue weighted by Gasteiger charge is 2.53. The van der Waals surface area contributed by atoms with Crippen LogP contribution in [0, 0.1) is 25.2 Å². The summed E-state index contributed by atoms with van der Waals surface area (Å²) in [5.41, 5.74) is 2.52. The standard InChI is InChI=1S/C24H33N5O2/c1-18-10-19(2)29(23(31)25-18)14-22(30)28-13-21-12-27(11-20-8-6-5-7-9-20)16-24(21,17-28)15-26(3)4/h5-10,21H,11-17H2,1-4H3/t21-,24+/m1/s1. The molecule has 2 aromatic rings. The molecule has 0 bridgehead atoms. The first-order chi connectivity index (χ1) is 14.8. The number of aromatic nitrogens is 2. The number of amides is 1. The summed E-state index contributed by atoms with van der Waals surface area (Å²) in [6.07, 6.45) is 0. The third-order valence-corrected chi connectivity index (χ3v) is 6.70. The highest BCUT2D eigenvalue weighted by Crippen LogP contribution is 2.43. The Morgan fingerprint density at radius 3 is 2.58 bits per heavy atom. The Kier molecular flexibility index (Phi) is 5.99. The summed E-state index contributed by atoms with van der Waals surface area (Å²) >= 11 is 0. The van der Waals surface area contributed by atoms with Crippen molar-refractivity contribution >= 4 is 5.91 Å². The quantitative estimate of drug-likeness (QED) is 0.703. The molecule has 0 N–H and O–H groups in total. The van der Waals surface area contributed by atoms with E-state index in [4.69, 9.17) is 0 Å². The second-order valence-electron chi connectivity index (χ2n) is 9.63. The van der Waals surface area contributed by atoms with Crippen molar-refractivity contribution in [1.82, 2.24) is 24.3 Å². The Bertz CT molecular complexity index is 1000. The molecule has 2 fully saturated rings. The average Bonchev–Trinajstić information content (AvgIpc) is 3.17. The van der Waals surface area contributed by atoms with Crippen LogP contribution in [0.1, 0.15) is 17.0 Å². The fourth-order valence-electron chi connectivity index (χ4n) is 5.50. The first kappa shape index (κ1) is 21.7. The lowest BCUT2D eigenvalue weighted by atomic mass is 9.80. The van der Waals surface area contributed by atoms with Gasteiger partial charge in [-0.2, -0.15) is 4.98 Å². The number of benzene rings is 1. The zero-order valence-electron chi connectivity index (χ0n) is 19.0. The van der Waals surface area contributed by atoms with Crippen LogP contribution in [0.15, 0.2) is 41.2 Å². The zero-order chi connectivity index (χ0) is 22.2. The highest BCUT2D eigenvalue weighted by atomic mass is 16.2. The number of hydrogen-bond acceptors (Lipinski definition) is 5. The molecule has 1 amide bonds. The maximum absolute atomic E-state index is 13.1. The Morgan fingerprint density at radius 2 is 1.90 bits per heavy atom. The maximum Gasteiger partial charge on any atom is 0.348 e. The highest BCUT2D eigenvalue weighted by molar-refractivity contribution is 5.76. The smallest absolute Gasteiger partial charge is 0.340 e. The number of likely N-dealkylation sites (tertiary alicyclic amines) is 2. The van der Waals surface area contributed by atoms with E-state index in [2.05, 4.69) is 59.2 Å². The van der Waals surface area contributed by atoms with Crippen LogP contribution in [-0.2, 0) is 17.9 Å². The largest absolute Gasteiger partial charge is 0.348 e. The molecule has 1 aromatic heterocycles. The molecule has 31 heavy (non-hydrogen) atoms. The van der Waals surface area contributed by atoms with Crippen molar-refractivity contribution in [3.63, 3.8) is 0 Å². The van der Waals surface area contributed by atoms with Gasteiger partial charge in [0.05, 0.1) is 0 Å². The van der Waals surface area contributed by atoms with Gasteiger partial charge in [-0.15, -0.1) is 0 Å². The molecule has 2 saturated heterocycles. The summed E-state index contributed by atoms with van der Waals surface area (Å²) in [6, 6.07) is 12.4. The van der Waals surface area contributed by atoms with E-state index in [9.17, 15) is 9.59 Å². The Hall–Kier alpha value is -2.51. The van der Waals surface area contributed by atoms with Crippen molar-refractivity contribution in [2.75, 3.05) is 46.8 Å². The van der Waals surface area contributed by atoms with Crippen LogP contribution in [0.3, 0.4) is 0 Å². The fraction of sp³-hybridized carbons (Fsp3) is 0.542. The number of carbonyl (C=O) groups is 1. The number of nitrogens with zero attached hydrogens (tertiary/aromatic N) is 5. The average molecular weight is 424 g/mol. The topological polar surface area (TPSA) is 61.7 Å². The van der Waals surface area contributed by atoms with E-state index in [1.807, 2.05) is 17.9 Å². The first-order valence-electron chi connectivity index (χ1n) is 11.0. The van der Waals surface area contributed by atoms with Crippen molar-refractivity contribution in [3.05, 3.63) is 63.8 Å². The van der Waals surface area contributed by atoms with Crippen molar-refractivity contribution in [1.29, 1.82) is 0 Å². The summed E-state index contributed by atoms with van der Waals surface area (Å²) in [5.74, 6) is 0.453. The molecular weight excluding hydrogens is 390 g/mol. The predicted molar refractivity (Wildman–Crippen MR) is 121 cm³/mol. The second kappa shape index (κ2) is 8.55. The SMILES string of the molecule is Cc1cc(C)n(CC(=O)N2C[C@H]3CN(Cc4ccccc4)C[C@@]3(CN(C)C)C2)c(=O)n1. The van der Waals surface area contributed by atoms with Crippen molar-refractivity contribution in [2.24, 2.45) is 11.3 Å². The van der Waals surface area contributed by atoms with Gasteiger partial charge in [-0.05, 0) is 45.5 Å². The Balaban J connectivity index is 1.48. The third kappa shape index (κ3) is 4.57. The molecule has 0 spiro atoms. The number of carbonyl (C=O) groups excluding carboxylic acids is 1. The lowest BCUT2D eigenvalue weighted by Crippen LogP contribution is -2.44. The summed E-state index contributed by atoms with van der Waals surface area (Å²) in [7, 11) is 4.22. The molecule has 2 aliphatic rings. The van der Waals surface area contributed by atoms with Crippen LogP contribution in [0.4, 0.5) is 0 Å². The van der Waals surface area contributed by atoms with Gasteiger partial charge in [0.1, 0.15) is 6.54 Å². The van der Waals surface area contributed by atoms with Crippen LogP contribution >= 0.6 is 0 Å². The molecule has 2 atom stereocenters. The van der Waals surface area contributed by atoms with E-state index in [1.165, 1.54) is 10.1 Å². The van der Waals surface area contributed by atoms with Crippen LogP contribution in [-0.4, -0.2) is 77.0 Å². The maximum atomic E-state index is 13.1. The number of rotatable bonds is 6. The monoisotopic (exact) mass is 423 g/mol. The molecule has 166 valence electrons. The molecule has 0 unspecified atom stereocenters. The molecule has 3 heterocycles. The van der Waals surface area contributed by atoms with Gasteiger partial charge >= 0.3 is 5.69 Å². The molecule has 7 nitrogen and oxygen atoms in total. The molecule has 1 aromatic carbocycles. The van der Waals surface area contributed by atoms with E-state index in [0.717, 1.165) is 45.0 Å². The van der Waals surface area contributed by atoms with E-state index in [1.54, 1.807) is 6.92 Å². The minimum Gasteiger partial charge on any atom is -0.340 e. The first-order valence-corrected chi connectivity index (χ1v) is 11.0. The Morgan fingerprint density at radius 1 is 1.16 bits per heavy atom. The van der Waals surface area contributed by atoms with Gasteiger partial charge in [0.25, 0.3) is 0 Å². The van der Waals surface area contributed by atoms with Gasteiger partial charge < -0.3 is 9.80 Å². The van der Waals surface area contributed by atoms with E-state index >= 15 is 0 Å². The third-order valence-electron chi connectivity index (χ3n) is 6.70. The van der Waals surface area contributed by atoms with E-state index in [0.29, 0.717) is 11.6 Å². The molecule has 0 radical (unpaired) electrons. The zero-order valence-corrected chi connectivity index (χ0v) is 19.0. The molecule has 2 aliphatic heterocycles. The van der Waals surface area contributed by atoms with Gasteiger partial charge in [0.2, 0.25) is 5.91 Å². The summed E-state index contributed by atoms with van der Waals surface area (Å²) in [4.78, 5) is 36.2. The van der Waals surface area contributed by atoms with Gasteiger partial charge in [-0.3, -0.25) is 14.3 Å². The molecular formula is C24H33N5O2. The van der Waals surface area contributed by atoms with Crippen molar-refractivity contribution in [3.8, 4) is 0 Å². The normalized spacial score (nSPS) is 23.5. The van der Waals surface area contributed by atoms with E-state index in [-0.39, 0.29) is 23.6 Å². The minimum atomic E-state index is -0.345. The number of aryl methyl sites for hydroxylation is 2. The summed E-state index contributed by atoms with van der Waals surface area (Å²) < 4.78 is 1.49.